The van der Waals surface area contributed by atoms with E-state index in [1.807, 2.05) is 4.90 Å². The highest BCUT2D eigenvalue weighted by molar-refractivity contribution is 6.76. The maximum absolute atomic E-state index is 11.4. The molecule has 0 rings (SSSR count). The van der Waals surface area contributed by atoms with Gasteiger partial charge in [-0.2, -0.15) is 0 Å². The van der Waals surface area contributed by atoms with Gasteiger partial charge in [-0.3, -0.25) is 14.5 Å². The lowest BCUT2D eigenvalue weighted by Gasteiger charge is -2.32. The van der Waals surface area contributed by atoms with Crippen LogP contribution in [-0.4, -0.2) is 62.3 Å². The molecule has 0 radical (unpaired) electrons. The van der Waals surface area contributed by atoms with Gasteiger partial charge in [-0.25, -0.2) is 0 Å². The van der Waals surface area contributed by atoms with Crippen molar-refractivity contribution in [2.24, 2.45) is 0 Å². The van der Waals surface area contributed by atoms with Gasteiger partial charge in [0.15, 0.2) is 0 Å². The molecule has 132 valence electrons. The highest BCUT2D eigenvalue weighted by Crippen LogP contribution is 2.17. The molecule has 0 aliphatic carbocycles. The monoisotopic (exact) mass is 369 g/mol. The van der Waals surface area contributed by atoms with Gasteiger partial charge in [0.25, 0.3) is 0 Å². The van der Waals surface area contributed by atoms with Gasteiger partial charge >= 0.3 is 11.9 Å². The van der Waals surface area contributed by atoms with E-state index in [9.17, 15) is 14.7 Å². The number of hydrogen-bond acceptors (Lipinski definition) is 3. The minimum atomic E-state index is -1.29. The lowest BCUT2D eigenvalue weighted by molar-refractivity contribution is -0.149. The summed E-state index contributed by atoms with van der Waals surface area (Å²) in [6.07, 6.45) is -0.327. The Morgan fingerprint density at radius 3 is 1.50 bits per heavy atom. The minimum absolute atomic E-state index is 0. The summed E-state index contributed by atoms with van der Waals surface area (Å²) in [7, 11) is -2.57. The number of carboxylic acid groups (broad SMARTS) is 2. The van der Waals surface area contributed by atoms with Gasteiger partial charge in [-0.15, -0.1) is 12.4 Å². The molecule has 0 aromatic heterocycles. The van der Waals surface area contributed by atoms with Crippen molar-refractivity contribution in [3.05, 3.63) is 0 Å². The molecule has 0 saturated heterocycles. The van der Waals surface area contributed by atoms with Crippen LogP contribution in [0, 0.1) is 0 Å². The molecule has 0 fully saturated rings. The first kappa shape index (κ1) is 23.9. The van der Waals surface area contributed by atoms with Crippen molar-refractivity contribution >= 4 is 40.5 Å². The van der Waals surface area contributed by atoms with Crippen molar-refractivity contribution < 1.29 is 19.8 Å². The molecule has 0 saturated carbocycles. The maximum atomic E-state index is 11.4. The van der Waals surface area contributed by atoms with Gasteiger partial charge in [0.1, 0.15) is 6.04 Å². The molecule has 22 heavy (non-hydrogen) atoms. The molecular weight excluding hydrogens is 338 g/mol. The predicted molar refractivity (Wildman–Crippen MR) is 98.8 cm³/mol. The topological polar surface area (TPSA) is 77.8 Å². The quantitative estimate of drug-likeness (QED) is 0.577. The molecule has 2 N–H and O–H groups in total. The Morgan fingerprint density at radius 1 is 0.909 bits per heavy atom. The molecular formula is C14H32ClNO4Si2. The van der Waals surface area contributed by atoms with Gasteiger partial charge < -0.3 is 10.2 Å². The Labute approximate surface area is 142 Å². The van der Waals surface area contributed by atoms with Crippen molar-refractivity contribution in [1.82, 2.24) is 4.90 Å². The van der Waals surface area contributed by atoms with Crippen LogP contribution in [0.15, 0.2) is 0 Å². The molecule has 5 nitrogen and oxygen atoms in total. The predicted octanol–water partition coefficient (Wildman–Crippen LogP) is 3.31. The van der Waals surface area contributed by atoms with E-state index >= 15 is 0 Å². The van der Waals surface area contributed by atoms with E-state index in [2.05, 4.69) is 39.3 Å². The number of aliphatic carboxylic acids is 2. The van der Waals surface area contributed by atoms with Crippen LogP contribution in [0.2, 0.25) is 51.4 Å². The summed E-state index contributed by atoms with van der Waals surface area (Å²) in [5.74, 6) is -2.07. The molecule has 0 bridgehead atoms. The normalized spacial score (nSPS) is 13.6. The Balaban J connectivity index is 0. The summed E-state index contributed by atoms with van der Waals surface area (Å²) in [6, 6.07) is 1.07. The van der Waals surface area contributed by atoms with E-state index < -0.39 is 34.1 Å². The number of hydrogen-bond donors (Lipinski definition) is 2. The fourth-order valence-electron chi connectivity index (χ4n) is 1.92. The van der Waals surface area contributed by atoms with E-state index in [1.165, 1.54) is 0 Å². The van der Waals surface area contributed by atoms with Crippen molar-refractivity contribution in [2.45, 2.75) is 63.8 Å². The largest absolute Gasteiger partial charge is 0.481 e. The summed E-state index contributed by atoms with van der Waals surface area (Å²) in [5.41, 5.74) is 0. The third-order valence-electron chi connectivity index (χ3n) is 3.39. The van der Waals surface area contributed by atoms with Crippen LogP contribution >= 0.6 is 12.4 Å². The van der Waals surface area contributed by atoms with E-state index in [0.717, 1.165) is 12.1 Å². The fraction of sp³-hybridized carbons (Fsp3) is 0.857. The molecule has 0 aromatic carbocycles. The van der Waals surface area contributed by atoms with Crippen molar-refractivity contribution in [2.75, 3.05) is 13.1 Å². The molecule has 0 aliphatic heterocycles. The van der Waals surface area contributed by atoms with Gasteiger partial charge in [0.2, 0.25) is 0 Å². The van der Waals surface area contributed by atoms with Crippen LogP contribution in [-0.2, 0) is 9.59 Å². The zero-order chi connectivity index (χ0) is 16.8. The third kappa shape index (κ3) is 12.2. The van der Waals surface area contributed by atoms with Crippen LogP contribution in [0.4, 0.5) is 0 Å². The molecule has 0 spiro atoms. The molecule has 0 unspecified atom stereocenters. The Kier molecular flexibility index (Phi) is 10.5. The highest BCUT2D eigenvalue weighted by Gasteiger charge is 2.30. The SMILES string of the molecule is C[Si](C)(C)CCN(CC[Si](C)(C)C)[C@@H](CC(=O)O)C(=O)O.Cl. The lowest BCUT2D eigenvalue weighted by atomic mass is 10.2. The van der Waals surface area contributed by atoms with Crippen molar-refractivity contribution in [3.8, 4) is 0 Å². The van der Waals surface area contributed by atoms with E-state index in [0.29, 0.717) is 13.1 Å². The summed E-state index contributed by atoms with van der Waals surface area (Å²) in [4.78, 5) is 24.3. The third-order valence-corrected chi connectivity index (χ3v) is 6.84. The minimum Gasteiger partial charge on any atom is -0.481 e. The van der Waals surface area contributed by atoms with Gasteiger partial charge in [0.05, 0.1) is 6.42 Å². The summed E-state index contributed by atoms with van der Waals surface area (Å²) >= 11 is 0. The zero-order valence-electron chi connectivity index (χ0n) is 14.7. The first-order chi connectivity index (χ1) is 9.32. The van der Waals surface area contributed by atoms with Crippen molar-refractivity contribution in [1.29, 1.82) is 0 Å². The lowest BCUT2D eigenvalue weighted by Crippen LogP contribution is -2.46. The van der Waals surface area contributed by atoms with E-state index in [-0.39, 0.29) is 18.8 Å². The highest BCUT2D eigenvalue weighted by atomic mass is 35.5. The van der Waals surface area contributed by atoms with Crippen molar-refractivity contribution in [3.63, 3.8) is 0 Å². The first-order valence-corrected chi connectivity index (χ1v) is 14.9. The molecule has 0 heterocycles. The van der Waals surface area contributed by atoms with E-state index in [4.69, 9.17) is 5.11 Å². The molecule has 0 aromatic rings. The Morgan fingerprint density at radius 2 is 1.27 bits per heavy atom. The summed E-state index contributed by atoms with van der Waals surface area (Å²) < 4.78 is 0. The van der Waals surface area contributed by atoms with Crippen LogP contribution < -0.4 is 0 Å². The molecule has 0 amide bonds. The second-order valence-electron chi connectivity index (χ2n) is 8.11. The number of halogens is 1. The number of rotatable bonds is 10. The second kappa shape index (κ2) is 9.69. The van der Waals surface area contributed by atoms with E-state index in [1.54, 1.807) is 0 Å². The first-order valence-electron chi connectivity index (χ1n) is 7.50. The summed E-state index contributed by atoms with van der Waals surface area (Å²) in [5, 5.41) is 18.3. The second-order valence-corrected chi connectivity index (χ2v) is 19.4. The van der Waals surface area contributed by atoms with Gasteiger partial charge in [0, 0.05) is 16.1 Å². The number of nitrogens with zero attached hydrogens (tertiary/aromatic N) is 1. The van der Waals surface area contributed by atoms with Crippen LogP contribution in [0.3, 0.4) is 0 Å². The molecule has 0 aliphatic rings. The zero-order valence-corrected chi connectivity index (χ0v) is 17.5. The van der Waals surface area contributed by atoms with Crippen LogP contribution in [0.25, 0.3) is 0 Å². The number of carbonyl (C=O) groups is 2. The smallest absolute Gasteiger partial charge is 0.321 e. The average Bonchev–Trinajstić information content (AvgIpc) is 2.23. The maximum Gasteiger partial charge on any atom is 0.321 e. The average molecular weight is 370 g/mol. The van der Waals surface area contributed by atoms with Crippen LogP contribution in [0.5, 0.6) is 0 Å². The fourth-order valence-corrected chi connectivity index (χ4v) is 3.84. The van der Waals surface area contributed by atoms with Gasteiger partial charge in [-0.05, 0) is 25.2 Å². The molecule has 8 heteroatoms. The summed E-state index contributed by atoms with van der Waals surface area (Å²) in [6.45, 7) is 14.9. The van der Waals surface area contributed by atoms with Gasteiger partial charge in [-0.1, -0.05) is 39.3 Å². The number of carboxylic acids is 2. The Bertz CT molecular complexity index is 349. The standard InChI is InChI=1S/C14H31NO4Si2.ClH/c1-20(2,3)9-7-15(8-10-21(4,5)6)12(14(18)19)11-13(16)17;/h12H,7-11H2,1-6H3,(H,16,17)(H,18,19);1H/t12-;/m0./s1. The van der Waals surface area contributed by atoms with Crippen LogP contribution in [0.1, 0.15) is 6.42 Å². The Hall–Kier alpha value is -0.376. The molecule has 1 atom stereocenters.